The van der Waals surface area contributed by atoms with E-state index in [4.69, 9.17) is 0 Å². The van der Waals surface area contributed by atoms with Gasteiger partial charge in [0.2, 0.25) is 5.91 Å². The summed E-state index contributed by atoms with van der Waals surface area (Å²) in [6.45, 7) is 3.24. The molecule has 0 bridgehead atoms. The monoisotopic (exact) mass is 416 g/mol. The van der Waals surface area contributed by atoms with Gasteiger partial charge in [-0.05, 0) is 60.7 Å². The zero-order valence-corrected chi connectivity index (χ0v) is 16.2. The Hall–Kier alpha value is -1.88. The summed E-state index contributed by atoms with van der Waals surface area (Å²) in [5, 5.41) is 0. The van der Waals surface area contributed by atoms with Gasteiger partial charge in [-0.2, -0.15) is 0 Å². The molecule has 4 rings (SSSR count). The molecule has 2 aliphatic rings. The van der Waals surface area contributed by atoms with Crippen LogP contribution in [0.3, 0.4) is 0 Å². The largest absolute Gasteiger partial charge is 0.370 e. The zero-order valence-electron chi connectivity index (χ0n) is 14.6. The van der Waals surface area contributed by atoms with E-state index in [1.165, 1.54) is 17.7 Å². The van der Waals surface area contributed by atoms with E-state index in [2.05, 4.69) is 33.0 Å². The van der Waals surface area contributed by atoms with E-state index >= 15 is 0 Å². The number of amides is 1. The molecular weight excluding hydrogens is 395 g/mol. The van der Waals surface area contributed by atoms with Crippen LogP contribution < -0.4 is 4.90 Å². The van der Waals surface area contributed by atoms with Gasteiger partial charge in [-0.25, -0.2) is 4.39 Å². The SMILES string of the molecule is O=C(C1CC1c1ccc(Br)cc1)N1CCCN(c2ccc(F)cc2)CC1. The fourth-order valence-electron chi connectivity index (χ4n) is 3.83. The molecule has 2 aromatic rings. The second-order valence-electron chi connectivity index (χ2n) is 7.14. The van der Waals surface area contributed by atoms with Crippen LogP contribution in [-0.4, -0.2) is 37.0 Å². The van der Waals surface area contributed by atoms with E-state index in [1.807, 2.05) is 29.2 Å². The van der Waals surface area contributed by atoms with Gasteiger partial charge >= 0.3 is 0 Å². The van der Waals surface area contributed by atoms with Gasteiger partial charge in [0.1, 0.15) is 5.82 Å². The van der Waals surface area contributed by atoms with Crippen LogP contribution in [-0.2, 0) is 4.79 Å². The minimum absolute atomic E-state index is 0.133. The van der Waals surface area contributed by atoms with Crippen molar-refractivity contribution in [2.75, 3.05) is 31.1 Å². The van der Waals surface area contributed by atoms with Crippen molar-refractivity contribution in [1.82, 2.24) is 4.90 Å². The number of nitrogens with zero attached hydrogens (tertiary/aromatic N) is 2. The highest BCUT2D eigenvalue weighted by molar-refractivity contribution is 9.10. The first-order valence-corrected chi connectivity index (χ1v) is 9.96. The van der Waals surface area contributed by atoms with E-state index in [1.54, 1.807) is 0 Å². The summed E-state index contributed by atoms with van der Waals surface area (Å²) >= 11 is 3.46. The Labute approximate surface area is 161 Å². The molecule has 5 heteroatoms. The van der Waals surface area contributed by atoms with Crippen molar-refractivity contribution in [1.29, 1.82) is 0 Å². The van der Waals surface area contributed by atoms with Crippen LogP contribution in [0, 0.1) is 11.7 Å². The van der Waals surface area contributed by atoms with Crippen molar-refractivity contribution in [2.24, 2.45) is 5.92 Å². The summed E-state index contributed by atoms with van der Waals surface area (Å²) in [6.07, 6.45) is 1.90. The summed E-state index contributed by atoms with van der Waals surface area (Å²) in [7, 11) is 0. The number of halogens is 2. The Bertz CT molecular complexity index is 778. The maximum Gasteiger partial charge on any atom is 0.226 e. The van der Waals surface area contributed by atoms with E-state index in [-0.39, 0.29) is 11.7 Å². The average Bonchev–Trinajstić information content (AvgIpc) is 3.46. The van der Waals surface area contributed by atoms with Gasteiger partial charge in [0.25, 0.3) is 0 Å². The lowest BCUT2D eigenvalue weighted by atomic mass is 10.1. The van der Waals surface area contributed by atoms with Crippen molar-refractivity contribution < 1.29 is 9.18 Å². The zero-order chi connectivity index (χ0) is 18.1. The summed E-state index contributed by atoms with van der Waals surface area (Å²) in [4.78, 5) is 17.2. The Balaban J connectivity index is 1.36. The van der Waals surface area contributed by atoms with E-state index in [9.17, 15) is 9.18 Å². The second kappa shape index (κ2) is 7.39. The molecule has 0 N–H and O–H groups in total. The topological polar surface area (TPSA) is 23.6 Å². The molecule has 0 radical (unpaired) electrons. The maximum absolute atomic E-state index is 13.1. The van der Waals surface area contributed by atoms with Crippen LogP contribution in [0.2, 0.25) is 0 Å². The molecule has 1 aliphatic heterocycles. The molecule has 0 aromatic heterocycles. The molecule has 136 valence electrons. The molecule has 1 aliphatic carbocycles. The van der Waals surface area contributed by atoms with E-state index in [0.717, 1.165) is 49.2 Å². The molecule has 26 heavy (non-hydrogen) atoms. The molecule has 2 fully saturated rings. The summed E-state index contributed by atoms with van der Waals surface area (Å²) in [5.41, 5.74) is 2.29. The average molecular weight is 417 g/mol. The van der Waals surface area contributed by atoms with E-state index in [0.29, 0.717) is 11.8 Å². The van der Waals surface area contributed by atoms with Gasteiger partial charge in [-0.3, -0.25) is 4.79 Å². The number of anilines is 1. The molecule has 3 nitrogen and oxygen atoms in total. The summed E-state index contributed by atoms with van der Waals surface area (Å²) in [6, 6.07) is 14.9. The van der Waals surface area contributed by atoms with Crippen molar-refractivity contribution in [3.8, 4) is 0 Å². The molecule has 2 unspecified atom stereocenters. The molecule has 0 spiro atoms. The smallest absolute Gasteiger partial charge is 0.226 e. The standard InChI is InChI=1S/C21H22BrFN2O/c22-16-4-2-15(3-5-16)19-14-20(19)21(26)25-11-1-10-24(12-13-25)18-8-6-17(23)7-9-18/h2-9,19-20H,1,10-14H2. The highest BCUT2D eigenvalue weighted by atomic mass is 79.9. The van der Waals surface area contributed by atoms with Gasteiger partial charge < -0.3 is 9.80 Å². The first kappa shape index (κ1) is 17.5. The minimum atomic E-state index is -0.215. The van der Waals surface area contributed by atoms with Crippen LogP contribution in [0.25, 0.3) is 0 Å². The number of benzene rings is 2. The predicted molar refractivity (Wildman–Crippen MR) is 105 cm³/mol. The lowest BCUT2D eigenvalue weighted by molar-refractivity contribution is -0.132. The Morgan fingerprint density at radius 3 is 2.42 bits per heavy atom. The quantitative estimate of drug-likeness (QED) is 0.738. The summed E-state index contributed by atoms with van der Waals surface area (Å²) in [5.74, 6) is 0.576. The van der Waals surface area contributed by atoms with Crippen LogP contribution in [0.4, 0.5) is 10.1 Å². The molecule has 2 aromatic carbocycles. The Kier molecular flexibility index (Phi) is 4.98. The number of hydrogen-bond donors (Lipinski definition) is 0. The lowest BCUT2D eigenvalue weighted by Crippen LogP contribution is -2.36. The fraction of sp³-hybridized carbons (Fsp3) is 0.381. The van der Waals surface area contributed by atoms with Gasteiger partial charge in [0, 0.05) is 42.3 Å². The van der Waals surface area contributed by atoms with Crippen LogP contribution in [0.5, 0.6) is 0 Å². The molecular formula is C21H22BrFN2O. The molecule has 1 saturated heterocycles. The number of rotatable bonds is 3. The molecule has 2 atom stereocenters. The molecule has 1 saturated carbocycles. The Morgan fingerprint density at radius 2 is 1.69 bits per heavy atom. The number of carbonyl (C=O) groups is 1. The normalized spacial score (nSPS) is 22.8. The first-order chi connectivity index (χ1) is 12.6. The van der Waals surface area contributed by atoms with Gasteiger partial charge in [-0.15, -0.1) is 0 Å². The number of carbonyl (C=O) groups excluding carboxylic acids is 1. The van der Waals surface area contributed by atoms with Gasteiger partial charge in [0.05, 0.1) is 0 Å². The predicted octanol–water partition coefficient (Wildman–Crippen LogP) is 4.43. The van der Waals surface area contributed by atoms with Crippen LogP contribution in [0.15, 0.2) is 53.0 Å². The fourth-order valence-corrected chi connectivity index (χ4v) is 4.09. The van der Waals surface area contributed by atoms with Crippen molar-refractivity contribution in [2.45, 2.75) is 18.8 Å². The maximum atomic E-state index is 13.1. The Morgan fingerprint density at radius 1 is 0.962 bits per heavy atom. The number of hydrogen-bond acceptors (Lipinski definition) is 2. The van der Waals surface area contributed by atoms with Gasteiger partial charge in [0.15, 0.2) is 0 Å². The minimum Gasteiger partial charge on any atom is -0.370 e. The first-order valence-electron chi connectivity index (χ1n) is 9.16. The van der Waals surface area contributed by atoms with Crippen molar-refractivity contribution in [3.63, 3.8) is 0 Å². The molecule has 1 amide bonds. The highest BCUT2D eigenvalue weighted by Gasteiger charge is 2.45. The van der Waals surface area contributed by atoms with Crippen molar-refractivity contribution >= 4 is 27.5 Å². The lowest BCUT2D eigenvalue weighted by Gasteiger charge is -2.24. The van der Waals surface area contributed by atoms with Crippen LogP contribution >= 0.6 is 15.9 Å². The van der Waals surface area contributed by atoms with Crippen LogP contribution in [0.1, 0.15) is 24.3 Å². The van der Waals surface area contributed by atoms with E-state index < -0.39 is 0 Å². The summed E-state index contributed by atoms with van der Waals surface area (Å²) < 4.78 is 14.2. The second-order valence-corrected chi connectivity index (χ2v) is 8.06. The van der Waals surface area contributed by atoms with Gasteiger partial charge in [-0.1, -0.05) is 28.1 Å². The van der Waals surface area contributed by atoms with Crippen molar-refractivity contribution in [3.05, 3.63) is 64.4 Å². The highest BCUT2D eigenvalue weighted by Crippen LogP contribution is 2.48. The third kappa shape index (κ3) is 3.78. The molecule has 1 heterocycles. The third-order valence-electron chi connectivity index (χ3n) is 5.41. The third-order valence-corrected chi connectivity index (χ3v) is 5.93.